The molecule has 1 N–H and O–H groups in total. The highest BCUT2D eigenvalue weighted by Gasteiger charge is 2.49. The molecule has 1 fully saturated rings. The van der Waals surface area contributed by atoms with Crippen LogP contribution in [0.1, 0.15) is 42.5 Å². The number of hydrogen-bond donors (Lipinski definition) is 1. The van der Waals surface area contributed by atoms with Crippen LogP contribution in [0.25, 0.3) is 5.57 Å². The maximum Gasteiger partial charge on any atom is 0.344 e. The molecule has 0 amide bonds. The van der Waals surface area contributed by atoms with Crippen LogP contribution in [0.3, 0.4) is 0 Å². The fourth-order valence-electron chi connectivity index (χ4n) is 2.89. The monoisotopic (exact) mass is 264 g/mol. The first-order valence-electron chi connectivity index (χ1n) is 6.35. The minimum Gasteiger partial charge on any atom is -0.507 e. The predicted molar refractivity (Wildman–Crippen MR) is 70.5 cm³/mol. The average molecular weight is 264 g/mol. The summed E-state index contributed by atoms with van der Waals surface area (Å²) < 4.78 is 5.54. The van der Waals surface area contributed by atoms with Gasteiger partial charge in [0.1, 0.15) is 5.57 Å². The van der Waals surface area contributed by atoms with E-state index in [0.29, 0.717) is 5.57 Å². The summed E-state index contributed by atoms with van der Waals surface area (Å²) in [6, 6.07) is 1.96. The molecule has 1 spiro atoms. The SMILES string of the molecule is Cc1ccsc1C1=C(O)C2(CCCCC2)OC1=O. The highest BCUT2D eigenvalue weighted by Crippen LogP contribution is 2.46. The van der Waals surface area contributed by atoms with Crippen molar-refractivity contribution in [1.29, 1.82) is 0 Å². The molecule has 96 valence electrons. The summed E-state index contributed by atoms with van der Waals surface area (Å²) in [6.07, 6.45) is 4.67. The van der Waals surface area contributed by atoms with Crippen LogP contribution < -0.4 is 0 Å². The van der Waals surface area contributed by atoms with Crippen molar-refractivity contribution in [2.75, 3.05) is 0 Å². The Labute approximate surface area is 110 Å². The zero-order valence-corrected chi connectivity index (χ0v) is 11.2. The highest BCUT2D eigenvalue weighted by atomic mass is 32.1. The number of hydrogen-bond acceptors (Lipinski definition) is 4. The van der Waals surface area contributed by atoms with E-state index in [-0.39, 0.29) is 11.7 Å². The molecule has 2 heterocycles. The molecular formula is C14H16O3S. The van der Waals surface area contributed by atoms with Gasteiger partial charge >= 0.3 is 5.97 Å². The molecule has 3 nitrogen and oxygen atoms in total. The van der Waals surface area contributed by atoms with Crippen LogP contribution in [0.5, 0.6) is 0 Å². The van der Waals surface area contributed by atoms with Crippen LogP contribution in [0.4, 0.5) is 0 Å². The normalized spacial score (nSPS) is 22.6. The lowest BCUT2D eigenvalue weighted by Crippen LogP contribution is -2.34. The molecule has 3 rings (SSSR count). The standard InChI is InChI=1S/C14H16O3S/c1-9-5-8-18-11(9)10-12(15)14(17-13(10)16)6-3-2-4-7-14/h5,8,15H,2-4,6-7H2,1H3. The minimum absolute atomic E-state index is 0.165. The maximum absolute atomic E-state index is 12.1. The third-order valence-electron chi connectivity index (χ3n) is 3.91. The Hall–Kier alpha value is -1.29. The maximum atomic E-state index is 12.1. The van der Waals surface area contributed by atoms with E-state index in [1.54, 1.807) is 0 Å². The summed E-state index contributed by atoms with van der Waals surface area (Å²) in [7, 11) is 0. The predicted octanol–water partition coefficient (Wildman–Crippen LogP) is 3.59. The van der Waals surface area contributed by atoms with E-state index in [9.17, 15) is 9.90 Å². The van der Waals surface area contributed by atoms with E-state index in [1.807, 2.05) is 18.4 Å². The zero-order chi connectivity index (χ0) is 12.8. The molecule has 2 aliphatic rings. The van der Waals surface area contributed by atoms with Crippen LogP contribution in [-0.4, -0.2) is 16.7 Å². The molecule has 0 atom stereocenters. The smallest absolute Gasteiger partial charge is 0.344 e. The number of aliphatic hydroxyl groups excluding tert-OH is 1. The Bertz CT molecular complexity index is 521. The van der Waals surface area contributed by atoms with Crippen molar-refractivity contribution >= 4 is 22.9 Å². The molecule has 4 heteroatoms. The van der Waals surface area contributed by atoms with Gasteiger partial charge in [0, 0.05) is 4.88 Å². The van der Waals surface area contributed by atoms with Crippen molar-refractivity contribution in [3.05, 3.63) is 27.6 Å². The van der Waals surface area contributed by atoms with Crippen molar-refractivity contribution in [1.82, 2.24) is 0 Å². The molecule has 0 unspecified atom stereocenters. The molecule has 1 aliphatic heterocycles. The molecule has 1 aromatic heterocycles. The Morgan fingerprint density at radius 2 is 2.06 bits per heavy atom. The third-order valence-corrected chi connectivity index (χ3v) is 4.94. The summed E-state index contributed by atoms with van der Waals surface area (Å²) >= 11 is 1.48. The Morgan fingerprint density at radius 1 is 1.33 bits per heavy atom. The number of aryl methyl sites for hydroxylation is 1. The van der Waals surface area contributed by atoms with Crippen molar-refractivity contribution in [2.45, 2.75) is 44.6 Å². The summed E-state index contributed by atoms with van der Waals surface area (Å²) in [5, 5.41) is 12.4. The molecule has 18 heavy (non-hydrogen) atoms. The van der Waals surface area contributed by atoms with Gasteiger partial charge in [0.25, 0.3) is 0 Å². The number of rotatable bonds is 1. The van der Waals surface area contributed by atoms with E-state index in [4.69, 9.17) is 4.74 Å². The Morgan fingerprint density at radius 3 is 2.67 bits per heavy atom. The van der Waals surface area contributed by atoms with Crippen LogP contribution in [-0.2, 0) is 9.53 Å². The van der Waals surface area contributed by atoms with Gasteiger partial charge in [-0.15, -0.1) is 11.3 Å². The quantitative estimate of drug-likeness (QED) is 0.788. The molecule has 0 saturated heterocycles. The minimum atomic E-state index is -0.721. The second-order valence-corrected chi connectivity index (χ2v) is 6.02. The molecule has 0 bridgehead atoms. The summed E-state index contributed by atoms with van der Waals surface area (Å²) in [4.78, 5) is 12.9. The second kappa shape index (κ2) is 4.12. The summed E-state index contributed by atoms with van der Waals surface area (Å²) in [5.74, 6) is -0.197. The van der Waals surface area contributed by atoms with Crippen LogP contribution in [0.15, 0.2) is 17.2 Å². The largest absolute Gasteiger partial charge is 0.507 e. The first-order valence-corrected chi connectivity index (χ1v) is 7.23. The van der Waals surface area contributed by atoms with Gasteiger partial charge in [-0.3, -0.25) is 0 Å². The number of ether oxygens (including phenoxy) is 1. The lowest BCUT2D eigenvalue weighted by molar-refractivity contribution is -0.149. The number of aliphatic hydroxyl groups is 1. The van der Waals surface area contributed by atoms with Gasteiger partial charge in [0.2, 0.25) is 0 Å². The molecule has 1 aliphatic carbocycles. The zero-order valence-electron chi connectivity index (χ0n) is 10.4. The third kappa shape index (κ3) is 1.59. The number of carbonyl (C=O) groups is 1. The van der Waals surface area contributed by atoms with E-state index in [0.717, 1.165) is 42.5 Å². The van der Waals surface area contributed by atoms with Gasteiger partial charge in [0.05, 0.1) is 0 Å². The lowest BCUT2D eigenvalue weighted by Gasteiger charge is -2.31. The molecular weight excluding hydrogens is 248 g/mol. The fourth-order valence-corrected chi connectivity index (χ4v) is 3.85. The van der Waals surface area contributed by atoms with Gasteiger partial charge in [0.15, 0.2) is 11.4 Å². The van der Waals surface area contributed by atoms with E-state index in [1.165, 1.54) is 11.3 Å². The first-order chi connectivity index (χ1) is 8.64. The van der Waals surface area contributed by atoms with Crippen molar-refractivity contribution < 1.29 is 14.6 Å². The fraction of sp³-hybridized carbons (Fsp3) is 0.500. The lowest BCUT2D eigenvalue weighted by atomic mass is 9.83. The number of carbonyl (C=O) groups excluding carboxylic acids is 1. The van der Waals surface area contributed by atoms with Crippen molar-refractivity contribution in [2.24, 2.45) is 0 Å². The van der Waals surface area contributed by atoms with Crippen LogP contribution in [0.2, 0.25) is 0 Å². The van der Waals surface area contributed by atoms with Gasteiger partial charge in [-0.2, -0.15) is 0 Å². The highest BCUT2D eigenvalue weighted by molar-refractivity contribution is 7.11. The van der Waals surface area contributed by atoms with Gasteiger partial charge in [-0.1, -0.05) is 6.42 Å². The van der Waals surface area contributed by atoms with E-state index < -0.39 is 5.60 Å². The van der Waals surface area contributed by atoms with Gasteiger partial charge < -0.3 is 9.84 Å². The first kappa shape index (κ1) is 11.8. The molecule has 1 saturated carbocycles. The average Bonchev–Trinajstić information content (AvgIpc) is 2.85. The van der Waals surface area contributed by atoms with E-state index >= 15 is 0 Å². The van der Waals surface area contributed by atoms with Crippen molar-refractivity contribution in [3.63, 3.8) is 0 Å². The Kier molecular flexibility index (Phi) is 2.70. The van der Waals surface area contributed by atoms with Crippen LogP contribution in [0, 0.1) is 6.92 Å². The van der Waals surface area contributed by atoms with Gasteiger partial charge in [-0.05, 0) is 49.6 Å². The number of thiophene rings is 1. The topological polar surface area (TPSA) is 46.5 Å². The molecule has 0 aromatic carbocycles. The Balaban J connectivity index is 2.07. The molecule has 1 aromatic rings. The van der Waals surface area contributed by atoms with Crippen LogP contribution >= 0.6 is 11.3 Å². The summed E-state index contributed by atoms with van der Waals surface area (Å²) in [6.45, 7) is 1.95. The van der Waals surface area contributed by atoms with E-state index in [2.05, 4.69) is 0 Å². The summed E-state index contributed by atoms with van der Waals surface area (Å²) in [5.41, 5.74) is 0.692. The van der Waals surface area contributed by atoms with Gasteiger partial charge in [-0.25, -0.2) is 4.79 Å². The van der Waals surface area contributed by atoms with Crippen molar-refractivity contribution in [3.8, 4) is 0 Å². The molecule has 0 radical (unpaired) electrons. The number of esters is 1. The second-order valence-electron chi connectivity index (χ2n) is 5.10.